The van der Waals surface area contributed by atoms with E-state index in [1.165, 1.54) is 25.7 Å². The first-order valence-corrected chi connectivity index (χ1v) is 6.94. The maximum atomic E-state index is 5.50. The largest absolute Gasteiger partial charge is 0.382 e. The van der Waals surface area contributed by atoms with Gasteiger partial charge in [0.1, 0.15) is 0 Å². The Hall–Kier alpha value is -0.0800. The molecule has 0 aromatic rings. The highest BCUT2D eigenvalue weighted by atomic mass is 16.5. The molecule has 2 nitrogen and oxygen atoms in total. The molecule has 3 unspecified atom stereocenters. The zero-order valence-corrected chi connectivity index (χ0v) is 11.5. The van der Waals surface area contributed by atoms with E-state index in [1.54, 1.807) is 0 Å². The molecule has 1 aliphatic carbocycles. The van der Waals surface area contributed by atoms with Gasteiger partial charge in [0.15, 0.2) is 0 Å². The van der Waals surface area contributed by atoms with Gasteiger partial charge in [-0.3, -0.25) is 0 Å². The third-order valence-electron chi connectivity index (χ3n) is 4.17. The van der Waals surface area contributed by atoms with Crippen molar-refractivity contribution >= 4 is 0 Å². The van der Waals surface area contributed by atoms with Crippen molar-refractivity contribution in [1.29, 1.82) is 0 Å². The number of hydrogen-bond acceptors (Lipinski definition) is 2. The SMILES string of the molecule is CCOCCC1CC(C(C)C)CCC1NC. The van der Waals surface area contributed by atoms with Crippen LogP contribution in [0.15, 0.2) is 0 Å². The molecule has 0 radical (unpaired) electrons. The summed E-state index contributed by atoms with van der Waals surface area (Å²) in [6, 6.07) is 0.718. The number of hydrogen-bond donors (Lipinski definition) is 1. The number of ether oxygens (including phenoxy) is 1. The van der Waals surface area contributed by atoms with Crippen molar-refractivity contribution in [2.45, 2.75) is 52.5 Å². The van der Waals surface area contributed by atoms with Crippen LogP contribution in [0.2, 0.25) is 0 Å². The van der Waals surface area contributed by atoms with Gasteiger partial charge in [-0.1, -0.05) is 13.8 Å². The number of nitrogens with one attached hydrogen (secondary N) is 1. The van der Waals surface area contributed by atoms with E-state index in [-0.39, 0.29) is 0 Å². The lowest BCUT2D eigenvalue weighted by Gasteiger charge is -2.37. The van der Waals surface area contributed by atoms with Crippen molar-refractivity contribution in [3.05, 3.63) is 0 Å². The highest BCUT2D eigenvalue weighted by Gasteiger charge is 2.30. The lowest BCUT2D eigenvalue weighted by molar-refractivity contribution is 0.0980. The van der Waals surface area contributed by atoms with E-state index in [2.05, 4.69) is 33.1 Å². The third kappa shape index (κ3) is 4.06. The fourth-order valence-corrected chi connectivity index (χ4v) is 2.98. The van der Waals surface area contributed by atoms with Crippen molar-refractivity contribution in [2.75, 3.05) is 20.3 Å². The van der Waals surface area contributed by atoms with Crippen LogP contribution >= 0.6 is 0 Å². The van der Waals surface area contributed by atoms with Crippen LogP contribution in [0.25, 0.3) is 0 Å². The topological polar surface area (TPSA) is 21.3 Å². The van der Waals surface area contributed by atoms with Crippen LogP contribution in [0.3, 0.4) is 0 Å². The van der Waals surface area contributed by atoms with Crippen molar-refractivity contribution in [3.63, 3.8) is 0 Å². The van der Waals surface area contributed by atoms with Crippen LogP contribution in [0.1, 0.15) is 46.5 Å². The Kier molecular flexibility index (Phi) is 6.37. The fourth-order valence-electron chi connectivity index (χ4n) is 2.98. The summed E-state index contributed by atoms with van der Waals surface area (Å²) >= 11 is 0. The van der Waals surface area contributed by atoms with Gasteiger partial charge in [-0.2, -0.15) is 0 Å². The quantitative estimate of drug-likeness (QED) is 0.704. The first-order chi connectivity index (χ1) is 7.69. The normalized spacial score (nSPS) is 30.9. The number of rotatable bonds is 6. The molecule has 1 rings (SSSR count). The van der Waals surface area contributed by atoms with Crippen molar-refractivity contribution in [3.8, 4) is 0 Å². The zero-order valence-electron chi connectivity index (χ0n) is 11.5. The molecule has 0 heterocycles. The lowest BCUT2D eigenvalue weighted by atomic mass is 9.72. The first-order valence-electron chi connectivity index (χ1n) is 6.94. The van der Waals surface area contributed by atoms with Crippen LogP contribution < -0.4 is 5.32 Å². The minimum Gasteiger partial charge on any atom is -0.382 e. The molecule has 0 aromatic carbocycles. The molecular formula is C14H29NO. The van der Waals surface area contributed by atoms with E-state index >= 15 is 0 Å². The maximum Gasteiger partial charge on any atom is 0.0469 e. The molecule has 1 saturated carbocycles. The summed E-state index contributed by atoms with van der Waals surface area (Å²) in [6.45, 7) is 8.59. The van der Waals surface area contributed by atoms with Gasteiger partial charge in [0.25, 0.3) is 0 Å². The molecule has 0 aliphatic heterocycles. The van der Waals surface area contributed by atoms with Crippen molar-refractivity contribution < 1.29 is 4.74 Å². The second-order valence-corrected chi connectivity index (χ2v) is 5.46. The van der Waals surface area contributed by atoms with Gasteiger partial charge < -0.3 is 10.1 Å². The van der Waals surface area contributed by atoms with E-state index in [0.717, 1.165) is 37.0 Å². The molecule has 16 heavy (non-hydrogen) atoms. The predicted molar refractivity (Wildman–Crippen MR) is 69.6 cm³/mol. The summed E-state index contributed by atoms with van der Waals surface area (Å²) in [7, 11) is 2.11. The Morgan fingerprint density at radius 3 is 2.62 bits per heavy atom. The zero-order chi connectivity index (χ0) is 12.0. The molecule has 1 aliphatic rings. The Morgan fingerprint density at radius 2 is 2.06 bits per heavy atom. The molecule has 0 spiro atoms. The second kappa shape index (κ2) is 7.29. The highest BCUT2D eigenvalue weighted by Crippen LogP contribution is 2.35. The van der Waals surface area contributed by atoms with Gasteiger partial charge in [0, 0.05) is 19.3 Å². The summed E-state index contributed by atoms with van der Waals surface area (Å²) < 4.78 is 5.50. The molecule has 0 saturated heterocycles. The van der Waals surface area contributed by atoms with E-state index in [0.29, 0.717) is 0 Å². The summed E-state index contributed by atoms with van der Waals surface area (Å²) in [6.07, 6.45) is 5.35. The second-order valence-electron chi connectivity index (χ2n) is 5.46. The molecule has 0 bridgehead atoms. The average Bonchev–Trinajstić information content (AvgIpc) is 2.29. The van der Waals surface area contributed by atoms with Gasteiger partial charge in [-0.15, -0.1) is 0 Å². The Bertz CT molecular complexity index is 182. The molecule has 3 atom stereocenters. The molecule has 0 aromatic heterocycles. The van der Waals surface area contributed by atoms with Crippen molar-refractivity contribution in [1.82, 2.24) is 5.32 Å². The van der Waals surface area contributed by atoms with Crippen LogP contribution in [-0.2, 0) is 4.74 Å². The molecule has 1 N–H and O–H groups in total. The van der Waals surface area contributed by atoms with E-state index < -0.39 is 0 Å². The Morgan fingerprint density at radius 1 is 1.31 bits per heavy atom. The molecule has 96 valence electrons. The summed E-state index contributed by atoms with van der Waals surface area (Å²) in [4.78, 5) is 0. The molecule has 2 heteroatoms. The summed E-state index contributed by atoms with van der Waals surface area (Å²) in [5, 5.41) is 3.48. The molecule has 0 amide bonds. The maximum absolute atomic E-state index is 5.50. The van der Waals surface area contributed by atoms with Crippen molar-refractivity contribution in [2.24, 2.45) is 17.8 Å². The van der Waals surface area contributed by atoms with Gasteiger partial charge >= 0.3 is 0 Å². The minimum atomic E-state index is 0.718. The van der Waals surface area contributed by atoms with Crippen LogP contribution in [0.4, 0.5) is 0 Å². The summed E-state index contributed by atoms with van der Waals surface area (Å²) in [5.74, 6) is 2.58. The van der Waals surface area contributed by atoms with Crippen LogP contribution in [0.5, 0.6) is 0 Å². The van der Waals surface area contributed by atoms with E-state index in [4.69, 9.17) is 4.74 Å². The Labute approximate surface area is 101 Å². The Balaban J connectivity index is 2.40. The first kappa shape index (κ1) is 14.0. The van der Waals surface area contributed by atoms with Gasteiger partial charge in [-0.05, 0) is 57.4 Å². The smallest absolute Gasteiger partial charge is 0.0469 e. The monoisotopic (exact) mass is 227 g/mol. The summed E-state index contributed by atoms with van der Waals surface area (Å²) in [5.41, 5.74) is 0. The van der Waals surface area contributed by atoms with Gasteiger partial charge in [0.2, 0.25) is 0 Å². The van der Waals surface area contributed by atoms with Gasteiger partial charge in [-0.25, -0.2) is 0 Å². The van der Waals surface area contributed by atoms with Crippen LogP contribution in [-0.4, -0.2) is 26.3 Å². The highest BCUT2D eigenvalue weighted by molar-refractivity contribution is 4.85. The minimum absolute atomic E-state index is 0.718. The standard InChI is InChI=1S/C14H29NO/c1-5-16-9-8-13-10-12(11(2)3)6-7-14(13)15-4/h11-15H,5-10H2,1-4H3. The fraction of sp³-hybridized carbons (Fsp3) is 1.00. The predicted octanol–water partition coefficient (Wildman–Crippen LogP) is 3.07. The third-order valence-corrected chi connectivity index (χ3v) is 4.17. The lowest BCUT2D eigenvalue weighted by Crippen LogP contribution is -2.40. The van der Waals surface area contributed by atoms with E-state index in [9.17, 15) is 0 Å². The molecule has 1 fully saturated rings. The van der Waals surface area contributed by atoms with Crippen LogP contribution in [0, 0.1) is 17.8 Å². The van der Waals surface area contributed by atoms with Gasteiger partial charge in [0.05, 0.1) is 0 Å². The van der Waals surface area contributed by atoms with E-state index in [1.807, 2.05) is 0 Å². The average molecular weight is 227 g/mol. The molecular weight excluding hydrogens is 198 g/mol.